The van der Waals surface area contributed by atoms with Crippen LogP contribution in [0.1, 0.15) is 84.0 Å². The first-order chi connectivity index (χ1) is 14.3. The van der Waals surface area contributed by atoms with Crippen LogP contribution in [-0.4, -0.2) is 31.5 Å². The zero-order valence-corrected chi connectivity index (χ0v) is 18.8. The van der Waals surface area contributed by atoms with E-state index in [1.165, 1.54) is 44.9 Å². The Bertz CT molecular complexity index is 618. The molecule has 0 aliphatic rings. The van der Waals surface area contributed by atoms with Crippen LogP contribution in [0.3, 0.4) is 0 Å². The molecule has 0 saturated carbocycles. The van der Waals surface area contributed by atoms with E-state index in [1.54, 1.807) is 0 Å². The van der Waals surface area contributed by atoms with Crippen LogP contribution in [0.4, 0.5) is 0 Å². The zero-order valence-electron chi connectivity index (χ0n) is 18.0. The van der Waals surface area contributed by atoms with E-state index < -0.39 is 28.8 Å². The number of carbonyl (C=O) groups excluding carboxylic acids is 2. The van der Waals surface area contributed by atoms with Crippen LogP contribution in [0.2, 0.25) is 0 Å². The molecule has 0 aliphatic heterocycles. The van der Waals surface area contributed by atoms with Gasteiger partial charge in [-0.15, -0.1) is 0 Å². The predicted molar refractivity (Wildman–Crippen MR) is 116 cm³/mol. The average molecular weight is 445 g/mol. The summed E-state index contributed by atoms with van der Waals surface area (Å²) in [5, 5.41) is 0. The maximum Gasteiger partial charge on any atom is 0.448 e. The van der Waals surface area contributed by atoms with Crippen molar-refractivity contribution in [2.24, 2.45) is 0 Å². The van der Waals surface area contributed by atoms with Gasteiger partial charge in [-0.1, -0.05) is 101 Å². The van der Waals surface area contributed by atoms with E-state index in [2.05, 4.69) is 11.1 Å². The van der Waals surface area contributed by atoms with Gasteiger partial charge in [0.1, 0.15) is 0 Å². The SMILES string of the molecule is CCCCCCCCCCCCOC(=O)CCC(=O)OS(=O)(=O)O.c1ccccc1. The molecule has 1 rings (SSSR count). The number of rotatable bonds is 15. The van der Waals surface area contributed by atoms with E-state index in [9.17, 15) is 18.0 Å². The number of esters is 1. The highest BCUT2D eigenvalue weighted by Gasteiger charge is 2.15. The van der Waals surface area contributed by atoms with E-state index in [1.807, 2.05) is 36.4 Å². The molecule has 0 aromatic heterocycles. The summed E-state index contributed by atoms with van der Waals surface area (Å²) in [4.78, 5) is 22.3. The fourth-order valence-electron chi connectivity index (χ4n) is 2.60. The first kappa shape index (κ1) is 28.1. The lowest BCUT2D eigenvalue weighted by Gasteiger charge is -2.05. The monoisotopic (exact) mass is 444 g/mol. The largest absolute Gasteiger partial charge is 0.466 e. The molecule has 0 saturated heterocycles. The van der Waals surface area contributed by atoms with E-state index in [-0.39, 0.29) is 6.42 Å². The van der Waals surface area contributed by atoms with E-state index in [4.69, 9.17) is 9.29 Å². The minimum Gasteiger partial charge on any atom is -0.466 e. The standard InChI is InChI=1S/C16H30O7S.C6H6/c1-2-3-4-5-6-7-8-9-10-11-14-22-15(17)12-13-16(18)23-24(19,20)21;1-2-4-6-5-3-1/h2-14H2,1H3,(H,19,20,21);1-6H. The summed E-state index contributed by atoms with van der Waals surface area (Å²) >= 11 is 0. The molecular formula is C22H36O7S. The molecule has 8 heteroatoms. The van der Waals surface area contributed by atoms with Crippen LogP contribution >= 0.6 is 0 Å². The Labute approximate surface area is 181 Å². The van der Waals surface area contributed by atoms with Gasteiger partial charge in [0.25, 0.3) is 0 Å². The number of carbonyl (C=O) groups is 2. The summed E-state index contributed by atoms with van der Waals surface area (Å²) in [6.07, 6.45) is 11.1. The maximum absolute atomic E-state index is 11.3. The molecule has 0 unspecified atom stereocenters. The van der Waals surface area contributed by atoms with E-state index in [0.29, 0.717) is 6.61 Å². The molecule has 1 aromatic rings. The molecular weight excluding hydrogens is 408 g/mol. The van der Waals surface area contributed by atoms with Crippen LogP contribution in [0, 0.1) is 0 Å². The molecule has 0 fully saturated rings. The summed E-state index contributed by atoms with van der Waals surface area (Å²) in [5.41, 5.74) is 0. The van der Waals surface area contributed by atoms with Gasteiger partial charge in [0.15, 0.2) is 0 Å². The van der Waals surface area contributed by atoms with Gasteiger partial charge in [0.05, 0.1) is 19.4 Å². The maximum atomic E-state index is 11.3. The van der Waals surface area contributed by atoms with Crippen molar-refractivity contribution in [2.75, 3.05) is 6.61 Å². The number of unbranched alkanes of at least 4 members (excludes halogenated alkanes) is 9. The third-order valence-corrected chi connectivity index (χ3v) is 4.56. The van der Waals surface area contributed by atoms with E-state index >= 15 is 0 Å². The van der Waals surface area contributed by atoms with Gasteiger partial charge in [0, 0.05) is 0 Å². The number of hydrogen-bond acceptors (Lipinski definition) is 6. The van der Waals surface area contributed by atoms with Gasteiger partial charge in [-0.2, -0.15) is 8.42 Å². The smallest absolute Gasteiger partial charge is 0.448 e. The highest BCUT2D eigenvalue weighted by Crippen LogP contribution is 2.10. The minimum absolute atomic E-state index is 0.272. The van der Waals surface area contributed by atoms with Crippen LogP contribution in [0.15, 0.2) is 36.4 Å². The number of hydrogen-bond donors (Lipinski definition) is 1. The Morgan fingerprint density at radius 2 is 1.10 bits per heavy atom. The highest BCUT2D eigenvalue weighted by atomic mass is 32.3. The molecule has 0 radical (unpaired) electrons. The van der Waals surface area contributed by atoms with Gasteiger partial charge in [-0.3, -0.25) is 14.1 Å². The van der Waals surface area contributed by atoms with Crippen LogP contribution in [0.25, 0.3) is 0 Å². The molecule has 1 N–H and O–H groups in total. The van der Waals surface area contributed by atoms with Crippen LogP contribution in [0.5, 0.6) is 0 Å². The van der Waals surface area contributed by atoms with E-state index in [0.717, 1.165) is 19.3 Å². The fraction of sp³-hybridized carbons (Fsp3) is 0.636. The molecule has 0 bridgehead atoms. The molecule has 0 heterocycles. The Hall–Kier alpha value is -1.93. The van der Waals surface area contributed by atoms with Crippen LogP contribution in [-0.2, 0) is 28.9 Å². The second-order valence-corrected chi connectivity index (χ2v) is 7.96. The minimum atomic E-state index is -4.81. The topological polar surface area (TPSA) is 107 Å². The molecule has 0 atom stereocenters. The Morgan fingerprint density at radius 3 is 1.53 bits per heavy atom. The summed E-state index contributed by atoms with van der Waals surface area (Å²) in [6.45, 7) is 2.50. The number of benzene rings is 1. The van der Waals surface area contributed by atoms with Crippen molar-refractivity contribution in [1.29, 1.82) is 0 Å². The second-order valence-electron chi connectivity index (χ2n) is 6.94. The normalized spacial score (nSPS) is 10.6. The van der Waals surface area contributed by atoms with Crippen molar-refractivity contribution in [1.82, 2.24) is 0 Å². The molecule has 1 aromatic carbocycles. The molecule has 172 valence electrons. The van der Waals surface area contributed by atoms with Gasteiger partial charge in [0.2, 0.25) is 0 Å². The second kappa shape index (κ2) is 19.1. The van der Waals surface area contributed by atoms with Gasteiger partial charge < -0.3 is 8.92 Å². The van der Waals surface area contributed by atoms with Crippen molar-refractivity contribution in [3.8, 4) is 0 Å². The lowest BCUT2D eigenvalue weighted by molar-refractivity contribution is -0.147. The summed E-state index contributed by atoms with van der Waals surface area (Å²) < 4.78 is 37.4. The molecule has 0 aliphatic carbocycles. The lowest BCUT2D eigenvalue weighted by atomic mass is 10.1. The molecule has 7 nitrogen and oxygen atoms in total. The van der Waals surface area contributed by atoms with Crippen molar-refractivity contribution >= 4 is 22.3 Å². The zero-order chi connectivity index (χ0) is 22.5. The molecule has 30 heavy (non-hydrogen) atoms. The summed E-state index contributed by atoms with van der Waals surface area (Å²) in [6, 6.07) is 12.0. The van der Waals surface area contributed by atoms with Crippen LogP contribution < -0.4 is 0 Å². The number of ether oxygens (including phenoxy) is 1. The lowest BCUT2D eigenvalue weighted by Crippen LogP contribution is -2.14. The molecule has 0 spiro atoms. The third-order valence-electron chi connectivity index (χ3n) is 4.16. The third kappa shape index (κ3) is 22.4. The van der Waals surface area contributed by atoms with Crippen molar-refractivity contribution in [3.05, 3.63) is 36.4 Å². The van der Waals surface area contributed by atoms with Crippen molar-refractivity contribution in [3.63, 3.8) is 0 Å². The predicted octanol–water partition coefficient (Wildman–Crippen LogP) is 5.26. The Balaban J connectivity index is 0.00000118. The fourth-order valence-corrected chi connectivity index (χ4v) is 2.91. The Kier molecular flexibility index (Phi) is 17.8. The van der Waals surface area contributed by atoms with Crippen molar-refractivity contribution in [2.45, 2.75) is 84.0 Å². The average Bonchev–Trinajstić information content (AvgIpc) is 2.71. The first-order valence-corrected chi connectivity index (χ1v) is 12.1. The Morgan fingerprint density at radius 1 is 0.700 bits per heavy atom. The van der Waals surface area contributed by atoms with Gasteiger partial charge >= 0.3 is 22.3 Å². The summed E-state index contributed by atoms with van der Waals surface area (Å²) in [7, 11) is -4.81. The highest BCUT2D eigenvalue weighted by molar-refractivity contribution is 7.81. The first-order valence-electron chi connectivity index (χ1n) is 10.7. The quantitative estimate of drug-likeness (QED) is 0.223. The van der Waals surface area contributed by atoms with Crippen molar-refractivity contribution < 1.29 is 31.5 Å². The van der Waals surface area contributed by atoms with Gasteiger partial charge in [-0.25, -0.2) is 0 Å². The molecule has 0 amide bonds. The summed E-state index contributed by atoms with van der Waals surface area (Å²) in [5.74, 6) is -1.77. The van der Waals surface area contributed by atoms with Gasteiger partial charge in [-0.05, 0) is 6.42 Å².